The summed E-state index contributed by atoms with van der Waals surface area (Å²) in [7, 11) is 0. The minimum atomic E-state index is -4.49. The number of hydrogen-bond acceptors (Lipinski definition) is 7. The summed E-state index contributed by atoms with van der Waals surface area (Å²) in [5, 5.41) is 8.63. The predicted molar refractivity (Wildman–Crippen MR) is 202 cm³/mol. The standard InChI is InChI=1S/C41H45F3N6O4/c1-40(2)12-16-50(17-13-40)33-9-10-35(48-39(53)30-7-4-6-29(24-30)37(51)46-15-18-49-19-21-54-22-20-49)34(26-33)36-25-31(11-14-45-36)38(52)47-27-28-5-3-8-32(23-28)41(42,43)44/h3-11,14,23-26H,12-13,15-22,27H2,1-2H3,(H,46,51)(H,47,52)(H,48,53). The molecule has 0 saturated carbocycles. The van der Waals surface area contributed by atoms with Gasteiger partial charge in [-0.25, -0.2) is 0 Å². The first-order valence-electron chi connectivity index (χ1n) is 18.1. The van der Waals surface area contributed by atoms with E-state index in [9.17, 15) is 27.6 Å². The molecule has 3 amide bonds. The van der Waals surface area contributed by atoms with Gasteiger partial charge in [0.1, 0.15) is 0 Å². The van der Waals surface area contributed by atoms with Gasteiger partial charge in [-0.05, 0) is 84.5 Å². The number of amides is 3. The van der Waals surface area contributed by atoms with E-state index in [-0.39, 0.29) is 23.4 Å². The van der Waals surface area contributed by atoms with Crippen LogP contribution in [0.5, 0.6) is 0 Å². The Kier molecular flexibility index (Phi) is 12.0. The van der Waals surface area contributed by atoms with E-state index in [2.05, 4.69) is 44.6 Å². The summed E-state index contributed by atoms with van der Waals surface area (Å²) in [5.74, 6) is -1.20. The number of halogens is 3. The SMILES string of the molecule is CC1(C)CCN(c2ccc(NC(=O)c3cccc(C(=O)NCCN4CCOCC4)c3)c(-c3cc(C(=O)NCc4cccc(C(F)(F)F)c4)ccn3)c2)CC1. The number of carbonyl (C=O) groups excluding carboxylic acids is 3. The van der Waals surface area contributed by atoms with Gasteiger partial charge in [0.05, 0.1) is 30.2 Å². The molecule has 2 aliphatic rings. The molecule has 3 aromatic carbocycles. The van der Waals surface area contributed by atoms with E-state index in [1.54, 1.807) is 30.3 Å². The fourth-order valence-corrected chi connectivity index (χ4v) is 6.53. The average molecular weight is 743 g/mol. The highest BCUT2D eigenvalue weighted by Crippen LogP contribution is 2.36. The summed E-state index contributed by atoms with van der Waals surface area (Å²) < 4.78 is 45.1. The first kappa shape index (κ1) is 38.5. The van der Waals surface area contributed by atoms with E-state index in [0.29, 0.717) is 59.9 Å². The van der Waals surface area contributed by atoms with Crippen molar-refractivity contribution in [3.05, 3.63) is 113 Å². The molecule has 284 valence electrons. The number of nitrogens with zero attached hydrogens (tertiary/aromatic N) is 3. The van der Waals surface area contributed by atoms with Crippen molar-refractivity contribution in [2.45, 2.75) is 39.4 Å². The molecule has 10 nitrogen and oxygen atoms in total. The molecular weight excluding hydrogens is 697 g/mol. The molecule has 0 unspecified atom stereocenters. The molecule has 54 heavy (non-hydrogen) atoms. The van der Waals surface area contributed by atoms with Gasteiger partial charge in [0.15, 0.2) is 0 Å². The van der Waals surface area contributed by atoms with E-state index < -0.39 is 23.6 Å². The summed E-state index contributed by atoms with van der Waals surface area (Å²) >= 11 is 0. The summed E-state index contributed by atoms with van der Waals surface area (Å²) in [6, 6.07) is 20.2. The van der Waals surface area contributed by atoms with E-state index in [4.69, 9.17) is 4.74 Å². The van der Waals surface area contributed by atoms with E-state index >= 15 is 0 Å². The molecule has 0 spiro atoms. The van der Waals surface area contributed by atoms with Crippen molar-refractivity contribution in [3.63, 3.8) is 0 Å². The van der Waals surface area contributed by atoms with Crippen LogP contribution in [-0.2, 0) is 17.5 Å². The van der Waals surface area contributed by atoms with Crippen LogP contribution in [0, 0.1) is 5.41 Å². The second-order valence-electron chi connectivity index (χ2n) is 14.4. The van der Waals surface area contributed by atoms with Crippen LogP contribution in [0.2, 0.25) is 0 Å². The molecule has 3 heterocycles. The minimum Gasteiger partial charge on any atom is -0.379 e. The second kappa shape index (κ2) is 16.8. The predicted octanol–water partition coefficient (Wildman–Crippen LogP) is 6.64. The number of nitrogens with one attached hydrogen (secondary N) is 3. The number of piperidine rings is 1. The third-order valence-electron chi connectivity index (χ3n) is 9.94. The first-order valence-corrected chi connectivity index (χ1v) is 18.1. The van der Waals surface area contributed by atoms with E-state index in [1.165, 1.54) is 24.4 Å². The molecule has 3 N–H and O–H groups in total. The van der Waals surface area contributed by atoms with E-state index in [1.807, 2.05) is 18.2 Å². The van der Waals surface area contributed by atoms with Gasteiger partial charge >= 0.3 is 6.18 Å². The molecule has 0 atom stereocenters. The summed E-state index contributed by atoms with van der Waals surface area (Å²) in [5.41, 5.74) is 3.05. The quantitative estimate of drug-likeness (QED) is 0.158. The molecule has 2 fully saturated rings. The van der Waals surface area contributed by atoms with Crippen molar-refractivity contribution >= 4 is 29.1 Å². The number of alkyl halides is 3. The number of rotatable bonds is 11. The van der Waals surface area contributed by atoms with E-state index in [0.717, 1.165) is 56.8 Å². The lowest BCUT2D eigenvalue weighted by Gasteiger charge is -2.38. The molecule has 4 aromatic rings. The summed E-state index contributed by atoms with van der Waals surface area (Å²) in [6.07, 6.45) is -0.987. The zero-order valence-electron chi connectivity index (χ0n) is 30.5. The van der Waals surface area contributed by atoms with Gasteiger partial charge in [0, 0.05) is 80.0 Å². The maximum absolute atomic E-state index is 13.7. The maximum atomic E-state index is 13.7. The van der Waals surface area contributed by atoms with Crippen LogP contribution in [0.1, 0.15) is 68.9 Å². The summed E-state index contributed by atoms with van der Waals surface area (Å²) in [6.45, 7) is 10.3. The van der Waals surface area contributed by atoms with Crippen LogP contribution < -0.4 is 20.9 Å². The molecule has 0 radical (unpaired) electrons. The Hall–Kier alpha value is -5.27. The molecule has 2 aliphatic heterocycles. The number of anilines is 2. The molecule has 0 bridgehead atoms. The number of benzene rings is 3. The fraction of sp³-hybridized carbons (Fsp3) is 0.366. The topological polar surface area (TPSA) is 116 Å². The van der Waals surface area contributed by atoms with Crippen molar-refractivity contribution in [1.82, 2.24) is 20.5 Å². The Labute approximate surface area is 313 Å². The number of ether oxygens (including phenoxy) is 1. The van der Waals surface area contributed by atoms with Crippen molar-refractivity contribution < 1.29 is 32.3 Å². The molecule has 2 saturated heterocycles. The van der Waals surface area contributed by atoms with Crippen LogP contribution >= 0.6 is 0 Å². The zero-order chi connectivity index (χ0) is 38.3. The second-order valence-corrected chi connectivity index (χ2v) is 14.4. The highest BCUT2D eigenvalue weighted by molar-refractivity contribution is 6.08. The fourth-order valence-electron chi connectivity index (χ4n) is 6.53. The van der Waals surface area contributed by atoms with Gasteiger partial charge in [-0.15, -0.1) is 0 Å². The Balaban J connectivity index is 1.21. The Morgan fingerprint density at radius 3 is 2.22 bits per heavy atom. The van der Waals surface area contributed by atoms with Gasteiger partial charge in [-0.2, -0.15) is 13.2 Å². The number of morpholine rings is 1. The van der Waals surface area contributed by atoms with Gasteiger partial charge < -0.3 is 25.6 Å². The third-order valence-corrected chi connectivity index (χ3v) is 9.94. The lowest BCUT2D eigenvalue weighted by molar-refractivity contribution is -0.137. The van der Waals surface area contributed by atoms with Crippen LogP contribution in [0.3, 0.4) is 0 Å². The van der Waals surface area contributed by atoms with Crippen LogP contribution in [-0.4, -0.2) is 80.1 Å². The largest absolute Gasteiger partial charge is 0.416 e. The lowest BCUT2D eigenvalue weighted by Crippen LogP contribution is -2.41. The molecule has 6 rings (SSSR count). The van der Waals surface area contributed by atoms with Crippen LogP contribution in [0.4, 0.5) is 24.5 Å². The first-order chi connectivity index (χ1) is 25.8. The third kappa shape index (κ3) is 10.0. The monoisotopic (exact) mass is 742 g/mol. The van der Waals surface area contributed by atoms with Crippen molar-refractivity contribution in [1.29, 1.82) is 0 Å². The maximum Gasteiger partial charge on any atom is 0.416 e. The van der Waals surface area contributed by atoms with Crippen molar-refractivity contribution in [2.75, 3.05) is 62.7 Å². The Morgan fingerprint density at radius 2 is 1.48 bits per heavy atom. The van der Waals surface area contributed by atoms with Gasteiger partial charge in [0.2, 0.25) is 0 Å². The molecule has 13 heteroatoms. The summed E-state index contributed by atoms with van der Waals surface area (Å²) in [4.78, 5) is 49.0. The number of pyridine rings is 1. The van der Waals surface area contributed by atoms with Crippen molar-refractivity contribution in [3.8, 4) is 11.3 Å². The lowest BCUT2D eigenvalue weighted by atomic mass is 9.82. The number of aromatic nitrogens is 1. The average Bonchev–Trinajstić information content (AvgIpc) is 3.17. The minimum absolute atomic E-state index is 0.104. The highest BCUT2D eigenvalue weighted by atomic mass is 19.4. The van der Waals surface area contributed by atoms with Crippen LogP contribution in [0.15, 0.2) is 85.1 Å². The van der Waals surface area contributed by atoms with Gasteiger partial charge in [0.25, 0.3) is 17.7 Å². The van der Waals surface area contributed by atoms with Gasteiger partial charge in [-0.1, -0.05) is 32.0 Å². The molecule has 1 aromatic heterocycles. The smallest absolute Gasteiger partial charge is 0.379 e. The van der Waals surface area contributed by atoms with Gasteiger partial charge in [-0.3, -0.25) is 24.3 Å². The Morgan fingerprint density at radius 1 is 0.796 bits per heavy atom. The van der Waals surface area contributed by atoms with Crippen LogP contribution in [0.25, 0.3) is 11.3 Å². The number of carbonyl (C=O) groups is 3. The highest BCUT2D eigenvalue weighted by Gasteiger charge is 2.30. The Bertz CT molecular complexity index is 1970. The molecule has 0 aliphatic carbocycles. The normalized spacial score (nSPS) is 16.1. The number of hydrogen-bond donors (Lipinski definition) is 3. The molecular formula is C41H45F3N6O4. The van der Waals surface area contributed by atoms with Crippen molar-refractivity contribution in [2.24, 2.45) is 5.41 Å². The zero-order valence-corrected chi connectivity index (χ0v) is 30.5.